The van der Waals surface area contributed by atoms with Crippen molar-refractivity contribution in [2.45, 2.75) is 31.8 Å². The van der Waals surface area contributed by atoms with Crippen molar-refractivity contribution in [1.29, 1.82) is 0 Å². The van der Waals surface area contributed by atoms with Crippen molar-refractivity contribution in [2.24, 2.45) is 0 Å². The highest BCUT2D eigenvalue weighted by molar-refractivity contribution is 7.66. The van der Waals surface area contributed by atoms with Gasteiger partial charge in [-0.3, -0.25) is 23.4 Å². The van der Waals surface area contributed by atoms with E-state index in [0.717, 1.165) is 11.7 Å². The first-order chi connectivity index (χ1) is 13.6. The molecule has 1 aromatic heterocycles. The van der Waals surface area contributed by atoms with Gasteiger partial charge in [0, 0.05) is 25.3 Å². The van der Waals surface area contributed by atoms with E-state index >= 15 is 0 Å². The van der Waals surface area contributed by atoms with Crippen LogP contribution < -0.4 is 11.2 Å². The minimum absolute atomic E-state index is 0.128. The molecule has 1 aliphatic rings. The minimum atomic E-state index is -5.56. The molecule has 1 aliphatic heterocycles. The summed E-state index contributed by atoms with van der Waals surface area (Å²) in [5, 5.41) is 10.1. The SMILES string of the molecule is COP(=O)(OC[C@H]1O[C@@H](n2cc(C)c(=O)[nH]c2=O)CC1O)OP(=O)(O)OP(=O)(O)O. The maximum Gasteiger partial charge on any atom is 0.490 e. The number of nitrogens with zero attached hydrogens (tertiary/aromatic N) is 1. The molecule has 5 atom stereocenters. The zero-order valence-electron chi connectivity index (χ0n) is 15.4. The van der Waals surface area contributed by atoms with E-state index in [1.54, 1.807) is 0 Å². The van der Waals surface area contributed by atoms with Crippen LogP contribution in [0.5, 0.6) is 0 Å². The second-order valence-corrected chi connectivity index (χ2v) is 10.7. The maximum atomic E-state index is 12.3. The third-order valence-corrected chi connectivity index (χ3v) is 7.91. The van der Waals surface area contributed by atoms with Crippen molar-refractivity contribution in [1.82, 2.24) is 9.55 Å². The Morgan fingerprint density at radius 2 is 1.87 bits per heavy atom. The molecule has 0 aliphatic carbocycles. The van der Waals surface area contributed by atoms with Crippen molar-refractivity contribution < 1.29 is 55.9 Å². The smallest absolute Gasteiger partial charge is 0.390 e. The van der Waals surface area contributed by atoms with Crippen molar-refractivity contribution in [3.05, 3.63) is 32.6 Å². The largest absolute Gasteiger partial charge is 0.490 e. The van der Waals surface area contributed by atoms with E-state index in [9.17, 15) is 33.3 Å². The van der Waals surface area contributed by atoms with Crippen LogP contribution >= 0.6 is 23.5 Å². The fourth-order valence-corrected chi connectivity index (χ4v) is 5.75. The number of phosphoric acid groups is 3. The second kappa shape index (κ2) is 9.25. The Kier molecular flexibility index (Phi) is 7.79. The van der Waals surface area contributed by atoms with Gasteiger partial charge >= 0.3 is 29.2 Å². The third-order valence-electron chi connectivity index (χ3n) is 3.69. The molecule has 0 radical (unpaired) electrons. The lowest BCUT2D eigenvalue weighted by molar-refractivity contribution is -0.0457. The maximum absolute atomic E-state index is 12.3. The first-order valence-corrected chi connectivity index (χ1v) is 12.4. The highest BCUT2D eigenvalue weighted by atomic mass is 31.3. The van der Waals surface area contributed by atoms with Gasteiger partial charge < -0.3 is 24.5 Å². The molecular formula is C11H19N2O14P3. The molecule has 16 nitrogen and oxygen atoms in total. The molecule has 2 heterocycles. The summed E-state index contributed by atoms with van der Waals surface area (Å²) in [6.07, 6.45) is -2.42. The van der Waals surface area contributed by atoms with Crippen LogP contribution in [0, 0.1) is 6.92 Å². The molecule has 30 heavy (non-hydrogen) atoms. The highest BCUT2D eigenvalue weighted by Crippen LogP contribution is 2.68. The van der Waals surface area contributed by atoms with Gasteiger partial charge in [0.25, 0.3) is 5.56 Å². The van der Waals surface area contributed by atoms with Crippen LogP contribution in [-0.4, -0.2) is 55.3 Å². The molecule has 0 amide bonds. The first kappa shape index (κ1) is 25.3. The quantitative estimate of drug-likeness (QED) is 0.271. The third kappa shape index (κ3) is 6.76. The van der Waals surface area contributed by atoms with Crippen LogP contribution in [0.3, 0.4) is 0 Å². The Morgan fingerprint density at radius 3 is 2.43 bits per heavy atom. The number of hydrogen-bond acceptors (Lipinski definition) is 11. The summed E-state index contributed by atoms with van der Waals surface area (Å²) in [5.41, 5.74) is -1.20. The normalized spacial score (nSPS) is 26.3. The number of hydrogen-bond donors (Lipinski definition) is 5. The van der Waals surface area contributed by atoms with E-state index in [4.69, 9.17) is 19.0 Å². The molecule has 0 bridgehead atoms. The van der Waals surface area contributed by atoms with Gasteiger partial charge in [0.15, 0.2) is 0 Å². The van der Waals surface area contributed by atoms with E-state index in [-0.39, 0.29) is 12.0 Å². The molecule has 0 spiro atoms. The van der Waals surface area contributed by atoms with Crippen molar-refractivity contribution in [2.75, 3.05) is 13.7 Å². The predicted octanol–water partition coefficient (Wildman–Crippen LogP) is -0.509. The van der Waals surface area contributed by atoms with Gasteiger partial charge in [0.2, 0.25) is 0 Å². The summed E-state index contributed by atoms with van der Waals surface area (Å²) in [5.74, 6) is 0. The first-order valence-electron chi connectivity index (χ1n) is 7.91. The van der Waals surface area contributed by atoms with E-state index < -0.39 is 59.8 Å². The summed E-state index contributed by atoms with van der Waals surface area (Å²) in [4.78, 5) is 51.8. The highest BCUT2D eigenvalue weighted by Gasteiger charge is 2.44. The molecule has 1 aromatic rings. The predicted molar refractivity (Wildman–Crippen MR) is 95.2 cm³/mol. The number of rotatable bonds is 9. The van der Waals surface area contributed by atoms with E-state index in [1.807, 2.05) is 0 Å². The number of aromatic amines is 1. The van der Waals surface area contributed by atoms with Crippen LogP contribution in [0.15, 0.2) is 15.8 Å². The standard InChI is InChI=1S/C11H19N2O14P3/c1-6-4-13(11(16)12-10(6)15)9-3-7(14)8(25-9)5-24-30(22,23-2)27-29(20,21)26-28(17,18)19/h4,7-9,14H,3,5H2,1-2H3,(H,20,21)(H,12,15,16)(H2,17,18,19)/t7?,8-,9-,30?/m1/s1. The summed E-state index contributed by atoms with van der Waals surface area (Å²) >= 11 is 0. The van der Waals surface area contributed by atoms with Gasteiger partial charge in [-0.25, -0.2) is 18.5 Å². The fraction of sp³-hybridized carbons (Fsp3) is 0.636. The lowest BCUT2D eigenvalue weighted by atomic mass is 10.2. The summed E-state index contributed by atoms with van der Waals surface area (Å²) in [6, 6.07) is 0. The Morgan fingerprint density at radius 1 is 1.23 bits per heavy atom. The van der Waals surface area contributed by atoms with Gasteiger partial charge in [0.05, 0.1) is 12.7 Å². The Balaban J connectivity index is 2.07. The average Bonchev–Trinajstić information content (AvgIpc) is 2.94. The Hall–Kier alpha value is -0.990. The average molecular weight is 496 g/mol. The number of nitrogens with one attached hydrogen (secondary N) is 1. The van der Waals surface area contributed by atoms with Crippen LogP contribution in [0.4, 0.5) is 0 Å². The number of phosphoric ester groups is 1. The fourth-order valence-electron chi connectivity index (χ4n) is 2.39. The molecule has 0 saturated carbocycles. The van der Waals surface area contributed by atoms with E-state index in [2.05, 4.69) is 18.1 Å². The van der Waals surface area contributed by atoms with Crippen LogP contribution in [-0.2, 0) is 36.1 Å². The van der Waals surface area contributed by atoms with Gasteiger partial charge in [-0.1, -0.05) is 0 Å². The molecule has 2 rings (SSSR count). The van der Waals surface area contributed by atoms with E-state index in [1.165, 1.54) is 13.1 Å². The van der Waals surface area contributed by atoms with E-state index in [0.29, 0.717) is 0 Å². The monoisotopic (exact) mass is 496 g/mol. The molecular weight excluding hydrogens is 477 g/mol. The van der Waals surface area contributed by atoms with Crippen molar-refractivity contribution in [3.63, 3.8) is 0 Å². The van der Waals surface area contributed by atoms with Gasteiger partial charge in [-0.05, 0) is 6.92 Å². The van der Waals surface area contributed by atoms with Gasteiger partial charge in [0.1, 0.15) is 12.3 Å². The van der Waals surface area contributed by atoms with Crippen molar-refractivity contribution >= 4 is 23.5 Å². The molecule has 19 heteroatoms. The van der Waals surface area contributed by atoms with Crippen LogP contribution in [0.2, 0.25) is 0 Å². The molecule has 3 unspecified atom stereocenters. The molecule has 5 N–H and O–H groups in total. The summed E-state index contributed by atoms with van der Waals surface area (Å²) in [7, 11) is -15.2. The summed E-state index contributed by atoms with van der Waals surface area (Å²) in [6.45, 7) is 0.704. The minimum Gasteiger partial charge on any atom is -0.390 e. The second-order valence-electron chi connectivity index (χ2n) is 5.96. The lowest BCUT2D eigenvalue weighted by Crippen LogP contribution is -2.33. The van der Waals surface area contributed by atoms with Gasteiger partial charge in [-0.15, -0.1) is 0 Å². The van der Waals surface area contributed by atoms with Crippen LogP contribution in [0.1, 0.15) is 18.2 Å². The summed E-state index contributed by atoms with van der Waals surface area (Å²) < 4.78 is 57.6. The molecule has 172 valence electrons. The molecule has 0 aromatic carbocycles. The Bertz CT molecular complexity index is 1030. The lowest BCUT2D eigenvalue weighted by Gasteiger charge is -2.21. The number of H-pyrrole nitrogens is 1. The Labute approximate surface area is 167 Å². The molecule has 1 fully saturated rings. The zero-order chi connectivity index (χ0) is 22.9. The number of aliphatic hydroxyl groups is 1. The number of aryl methyl sites for hydroxylation is 1. The van der Waals surface area contributed by atoms with Crippen molar-refractivity contribution in [3.8, 4) is 0 Å². The number of aliphatic hydroxyl groups excluding tert-OH is 1. The number of aromatic nitrogens is 2. The van der Waals surface area contributed by atoms with Gasteiger partial charge in [-0.2, -0.15) is 8.62 Å². The number of ether oxygens (including phenoxy) is 1. The van der Waals surface area contributed by atoms with Crippen LogP contribution in [0.25, 0.3) is 0 Å². The molecule has 1 saturated heterocycles. The topological polar surface area (TPSA) is 233 Å². The zero-order valence-corrected chi connectivity index (χ0v) is 18.1.